The lowest BCUT2D eigenvalue weighted by atomic mass is 10.4. The number of amides is 2. The number of rotatable bonds is 6. The molecular formula is C15H15FN6O6S. The van der Waals surface area contributed by atoms with Crippen LogP contribution in [0.3, 0.4) is 0 Å². The number of carbonyl (C=O) groups excluding carboxylic acids is 1. The van der Waals surface area contributed by atoms with Gasteiger partial charge in [-0.2, -0.15) is 27.8 Å². The average Bonchev–Trinajstić information content (AvgIpc) is 3.02. The van der Waals surface area contributed by atoms with E-state index in [-0.39, 0.29) is 29.1 Å². The minimum atomic E-state index is -4.66. The molecule has 3 heterocycles. The summed E-state index contributed by atoms with van der Waals surface area (Å²) in [4.78, 5) is 23.3. The van der Waals surface area contributed by atoms with E-state index in [1.165, 1.54) is 45.7 Å². The maximum Gasteiger partial charge on any atom is 0.335 e. The Hall–Kier alpha value is -3.68. The Morgan fingerprint density at radius 3 is 2.31 bits per heavy atom. The van der Waals surface area contributed by atoms with E-state index >= 15 is 0 Å². The molecule has 0 atom stereocenters. The molecule has 0 aliphatic rings. The lowest BCUT2D eigenvalue weighted by Gasteiger charge is -2.09. The summed E-state index contributed by atoms with van der Waals surface area (Å²) in [5.41, 5.74) is 0.00458. The summed E-state index contributed by atoms with van der Waals surface area (Å²) in [6, 6.07) is 2.95. The zero-order valence-corrected chi connectivity index (χ0v) is 16.2. The zero-order chi connectivity index (χ0) is 21.2. The number of hydrogen-bond donors (Lipinski definition) is 2. The van der Waals surface area contributed by atoms with Crippen LogP contribution in [-0.4, -0.2) is 55.1 Å². The lowest BCUT2D eigenvalue weighted by Crippen LogP contribution is -2.36. The number of hydrogen-bond acceptors (Lipinski definition) is 9. The number of nitrogens with one attached hydrogen (secondary N) is 2. The van der Waals surface area contributed by atoms with Crippen molar-refractivity contribution in [3.05, 3.63) is 30.3 Å². The van der Waals surface area contributed by atoms with Crippen LogP contribution in [0, 0.1) is 5.95 Å². The fourth-order valence-electron chi connectivity index (χ4n) is 2.30. The van der Waals surface area contributed by atoms with Crippen molar-refractivity contribution in [2.24, 2.45) is 0 Å². The van der Waals surface area contributed by atoms with Gasteiger partial charge in [0.2, 0.25) is 22.7 Å². The molecule has 2 N–H and O–H groups in total. The van der Waals surface area contributed by atoms with Gasteiger partial charge in [0.25, 0.3) is 16.0 Å². The number of imidazole rings is 1. The Bertz CT molecular complexity index is 1160. The first-order valence-electron chi connectivity index (χ1n) is 7.80. The van der Waals surface area contributed by atoms with Crippen LogP contribution in [0.15, 0.2) is 29.4 Å². The second-order valence-electron chi connectivity index (χ2n) is 5.34. The number of ether oxygens (including phenoxy) is 3. The standard InChI is InChI=1S/C15H15FN6O6S/c1-26-8-4-5-9-17-12(16)13(22(9)7-8)29(24,25)21-15(23)20-14-18-10(27-2)6-11(19-14)28-3/h4-7H,1-3H3,(H2,18,19,20,21,23). The monoisotopic (exact) mass is 426 g/mol. The minimum absolute atomic E-state index is 0.00458. The van der Waals surface area contributed by atoms with Gasteiger partial charge in [0, 0.05) is 0 Å². The van der Waals surface area contributed by atoms with Gasteiger partial charge in [-0.1, -0.05) is 0 Å². The third-order valence-corrected chi connectivity index (χ3v) is 4.88. The molecule has 0 aliphatic carbocycles. The Labute approximate surface area is 163 Å². The third-order valence-electron chi connectivity index (χ3n) is 3.55. The van der Waals surface area contributed by atoms with Crippen molar-refractivity contribution in [1.82, 2.24) is 24.1 Å². The zero-order valence-electron chi connectivity index (χ0n) is 15.3. The minimum Gasteiger partial charge on any atom is -0.495 e. The first-order valence-corrected chi connectivity index (χ1v) is 9.28. The number of methoxy groups -OCH3 is 3. The molecule has 0 fully saturated rings. The van der Waals surface area contributed by atoms with Crippen LogP contribution in [0.2, 0.25) is 0 Å². The van der Waals surface area contributed by atoms with Crippen LogP contribution in [0.1, 0.15) is 0 Å². The van der Waals surface area contributed by atoms with Crippen LogP contribution in [0.4, 0.5) is 15.1 Å². The van der Waals surface area contributed by atoms with Gasteiger partial charge >= 0.3 is 6.03 Å². The summed E-state index contributed by atoms with van der Waals surface area (Å²) in [6.07, 6.45) is 1.22. The SMILES string of the molecule is COc1ccc2nc(F)c(S(=O)(=O)NC(=O)Nc3nc(OC)cc(OC)n3)n2c1. The number of halogens is 1. The molecule has 3 aromatic heterocycles. The maximum absolute atomic E-state index is 14.2. The van der Waals surface area contributed by atoms with Crippen LogP contribution in [0.5, 0.6) is 17.5 Å². The normalized spacial score (nSPS) is 11.2. The molecule has 0 bridgehead atoms. The van der Waals surface area contributed by atoms with Gasteiger partial charge in [0.1, 0.15) is 11.4 Å². The predicted octanol–water partition coefficient (Wildman–Crippen LogP) is 0.800. The molecule has 0 aromatic carbocycles. The summed E-state index contributed by atoms with van der Waals surface area (Å²) in [5.74, 6) is -1.20. The van der Waals surface area contributed by atoms with Gasteiger partial charge in [0.05, 0.1) is 33.6 Å². The van der Waals surface area contributed by atoms with Crippen LogP contribution in [-0.2, 0) is 10.0 Å². The van der Waals surface area contributed by atoms with Crippen LogP contribution < -0.4 is 24.2 Å². The second-order valence-corrected chi connectivity index (χ2v) is 6.94. The van der Waals surface area contributed by atoms with E-state index in [4.69, 9.17) is 14.2 Å². The smallest absolute Gasteiger partial charge is 0.335 e. The number of carbonyl (C=O) groups is 1. The Kier molecular flexibility index (Phi) is 5.36. The Balaban J connectivity index is 1.89. The van der Waals surface area contributed by atoms with Crippen molar-refractivity contribution in [2.45, 2.75) is 5.03 Å². The molecule has 0 saturated carbocycles. The average molecular weight is 426 g/mol. The summed E-state index contributed by atoms with van der Waals surface area (Å²) in [7, 11) is -0.640. The molecule has 12 nitrogen and oxygen atoms in total. The molecule has 0 unspecified atom stereocenters. The lowest BCUT2D eigenvalue weighted by molar-refractivity contribution is 0.256. The highest BCUT2D eigenvalue weighted by atomic mass is 32.2. The van der Waals surface area contributed by atoms with E-state index in [1.807, 2.05) is 0 Å². The van der Waals surface area contributed by atoms with E-state index in [9.17, 15) is 17.6 Å². The van der Waals surface area contributed by atoms with Gasteiger partial charge in [-0.05, 0) is 12.1 Å². The molecule has 14 heteroatoms. The highest BCUT2D eigenvalue weighted by Gasteiger charge is 2.28. The fourth-order valence-corrected chi connectivity index (χ4v) is 3.37. The number of anilines is 1. The quantitative estimate of drug-likeness (QED) is 0.584. The molecule has 0 spiro atoms. The van der Waals surface area contributed by atoms with Gasteiger partial charge in [-0.15, -0.1) is 0 Å². The first kappa shape index (κ1) is 20.1. The molecule has 0 radical (unpaired) electrons. The van der Waals surface area contributed by atoms with Crippen molar-refractivity contribution < 1.29 is 31.8 Å². The van der Waals surface area contributed by atoms with E-state index in [0.29, 0.717) is 0 Å². The van der Waals surface area contributed by atoms with E-state index in [1.54, 1.807) is 4.72 Å². The highest BCUT2D eigenvalue weighted by Crippen LogP contribution is 2.21. The van der Waals surface area contributed by atoms with E-state index < -0.39 is 27.0 Å². The predicted molar refractivity (Wildman–Crippen MR) is 96.2 cm³/mol. The highest BCUT2D eigenvalue weighted by molar-refractivity contribution is 7.90. The van der Waals surface area contributed by atoms with Gasteiger partial charge in [-0.3, -0.25) is 9.72 Å². The van der Waals surface area contributed by atoms with Crippen molar-refractivity contribution in [2.75, 3.05) is 26.6 Å². The number of pyridine rings is 1. The number of sulfonamides is 1. The molecule has 154 valence electrons. The van der Waals surface area contributed by atoms with E-state index in [2.05, 4.69) is 20.3 Å². The first-order chi connectivity index (χ1) is 13.8. The Morgan fingerprint density at radius 1 is 1.07 bits per heavy atom. The van der Waals surface area contributed by atoms with Crippen LogP contribution in [0.25, 0.3) is 5.65 Å². The molecule has 3 aromatic rings. The maximum atomic E-state index is 14.2. The fraction of sp³-hybridized carbons (Fsp3) is 0.200. The topological polar surface area (TPSA) is 146 Å². The molecule has 29 heavy (non-hydrogen) atoms. The van der Waals surface area contributed by atoms with E-state index in [0.717, 1.165) is 4.40 Å². The molecule has 3 rings (SSSR count). The Morgan fingerprint density at radius 2 is 1.72 bits per heavy atom. The largest absolute Gasteiger partial charge is 0.495 e. The number of nitrogens with zero attached hydrogens (tertiary/aromatic N) is 4. The summed E-state index contributed by atoms with van der Waals surface area (Å²) >= 11 is 0. The van der Waals surface area contributed by atoms with Gasteiger partial charge < -0.3 is 14.2 Å². The van der Waals surface area contributed by atoms with Crippen molar-refractivity contribution in [3.8, 4) is 17.5 Å². The summed E-state index contributed by atoms with van der Waals surface area (Å²) in [5, 5.41) is 1.24. The third kappa shape index (κ3) is 4.11. The van der Waals surface area contributed by atoms with Crippen LogP contribution >= 0.6 is 0 Å². The number of aromatic nitrogens is 4. The van der Waals surface area contributed by atoms with Gasteiger partial charge in [-0.25, -0.2) is 9.52 Å². The van der Waals surface area contributed by atoms with Crippen molar-refractivity contribution >= 4 is 27.6 Å². The van der Waals surface area contributed by atoms with Gasteiger partial charge in [0.15, 0.2) is 0 Å². The summed E-state index contributed by atoms with van der Waals surface area (Å²) in [6.45, 7) is 0. The second kappa shape index (κ2) is 7.75. The molecule has 2 amide bonds. The van der Waals surface area contributed by atoms with Crippen molar-refractivity contribution in [1.29, 1.82) is 0 Å². The summed E-state index contributed by atoms with van der Waals surface area (Å²) < 4.78 is 56.8. The number of urea groups is 1. The molecular weight excluding hydrogens is 411 g/mol. The number of fused-ring (bicyclic) bond motifs is 1. The van der Waals surface area contributed by atoms with Crippen molar-refractivity contribution in [3.63, 3.8) is 0 Å². The molecule has 0 saturated heterocycles. The molecule has 0 aliphatic heterocycles.